The Morgan fingerprint density at radius 1 is 1.06 bits per heavy atom. The molecule has 0 aliphatic carbocycles. The van der Waals surface area contributed by atoms with Crippen LogP contribution in [0.3, 0.4) is 0 Å². The van der Waals surface area contributed by atoms with E-state index in [1.54, 1.807) is 19.1 Å². The van der Waals surface area contributed by atoms with Crippen LogP contribution in [-0.2, 0) is 9.53 Å². The molecule has 4 rings (SSSR count). The number of halogens is 1. The summed E-state index contributed by atoms with van der Waals surface area (Å²) in [7, 11) is 0. The van der Waals surface area contributed by atoms with Crippen LogP contribution in [0, 0.1) is 6.92 Å². The summed E-state index contributed by atoms with van der Waals surface area (Å²) in [4.78, 5) is 34.4. The van der Waals surface area contributed by atoms with Gasteiger partial charge in [-0.1, -0.05) is 30.7 Å². The van der Waals surface area contributed by atoms with Crippen molar-refractivity contribution in [3.8, 4) is 10.6 Å². The third-order valence-electron chi connectivity index (χ3n) is 5.74. The fourth-order valence-corrected chi connectivity index (χ4v) is 4.86. The van der Waals surface area contributed by atoms with Gasteiger partial charge in [-0.15, -0.1) is 11.3 Å². The molecule has 0 radical (unpaired) electrons. The first-order valence-corrected chi connectivity index (χ1v) is 12.4. The van der Waals surface area contributed by atoms with Gasteiger partial charge in [-0.2, -0.15) is 0 Å². The summed E-state index contributed by atoms with van der Waals surface area (Å²) in [6.07, 6.45) is 0. The van der Waals surface area contributed by atoms with Gasteiger partial charge in [-0.3, -0.25) is 4.79 Å². The third kappa shape index (κ3) is 5.94. The number of thiazole rings is 1. The van der Waals surface area contributed by atoms with Gasteiger partial charge in [0.2, 0.25) is 0 Å². The molecular formula is C25H27ClN4O3S. The van der Waals surface area contributed by atoms with E-state index in [1.165, 1.54) is 11.3 Å². The summed E-state index contributed by atoms with van der Waals surface area (Å²) >= 11 is 7.17. The molecule has 7 nitrogen and oxygen atoms in total. The lowest BCUT2D eigenvalue weighted by atomic mass is 10.2. The van der Waals surface area contributed by atoms with Crippen LogP contribution in [-0.4, -0.2) is 61.1 Å². The lowest BCUT2D eigenvalue weighted by Crippen LogP contribution is -2.46. The molecule has 1 fully saturated rings. The van der Waals surface area contributed by atoms with Gasteiger partial charge >= 0.3 is 5.97 Å². The number of aryl methyl sites for hydroxylation is 1. The Morgan fingerprint density at radius 3 is 2.38 bits per heavy atom. The topological polar surface area (TPSA) is 74.8 Å². The van der Waals surface area contributed by atoms with Gasteiger partial charge in [-0.25, -0.2) is 9.78 Å². The summed E-state index contributed by atoms with van der Waals surface area (Å²) < 4.78 is 5.24. The van der Waals surface area contributed by atoms with Crippen molar-refractivity contribution in [3.63, 3.8) is 0 Å². The molecular weight excluding hydrogens is 472 g/mol. The molecule has 2 heterocycles. The Bertz CT molecular complexity index is 1140. The summed E-state index contributed by atoms with van der Waals surface area (Å²) in [5.41, 5.74) is 3.23. The predicted octanol–water partition coefficient (Wildman–Crippen LogP) is 4.71. The highest BCUT2D eigenvalue weighted by Gasteiger charge is 2.19. The average Bonchev–Trinajstić information content (AvgIpc) is 3.25. The Hall–Kier alpha value is -2.94. The van der Waals surface area contributed by atoms with Crippen LogP contribution in [0.4, 0.5) is 11.4 Å². The number of amides is 1. The first-order valence-electron chi connectivity index (χ1n) is 11.2. The summed E-state index contributed by atoms with van der Waals surface area (Å²) in [6.45, 7) is 8.74. The second-order valence-corrected chi connectivity index (χ2v) is 9.47. The van der Waals surface area contributed by atoms with Crippen LogP contribution < -0.4 is 10.2 Å². The van der Waals surface area contributed by atoms with Crippen molar-refractivity contribution in [1.82, 2.24) is 9.88 Å². The number of ether oxygens (including phenoxy) is 1. The van der Waals surface area contributed by atoms with E-state index in [9.17, 15) is 9.59 Å². The van der Waals surface area contributed by atoms with Crippen LogP contribution >= 0.6 is 22.9 Å². The quantitative estimate of drug-likeness (QED) is 0.475. The van der Waals surface area contributed by atoms with Crippen molar-refractivity contribution < 1.29 is 14.3 Å². The minimum atomic E-state index is -0.563. The Balaban J connectivity index is 1.28. The van der Waals surface area contributed by atoms with Crippen LogP contribution in [0.1, 0.15) is 22.3 Å². The summed E-state index contributed by atoms with van der Waals surface area (Å²) in [6, 6.07) is 15.0. The number of aromatic nitrogens is 1. The van der Waals surface area contributed by atoms with Crippen LogP contribution in [0.15, 0.2) is 48.5 Å². The lowest BCUT2D eigenvalue weighted by Gasteiger charge is -2.35. The number of anilines is 2. The summed E-state index contributed by atoms with van der Waals surface area (Å²) in [5.74, 6) is -0.954. The van der Waals surface area contributed by atoms with Crippen molar-refractivity contribution >= 4 is 46.2 Å². The van der Waals surface area contributed by atoms with Gasteiger partial charge in [0.1, 0.15) is 9.88 Å². The maximum atomic E-state index is 12.5. The van der Waals surface area contributed by atoms with Gasteiger partial charge in [0.05, 0.1) is 5.69 Å². The Labute approximate surface area is 208 Å². The third-order valence-corrected chi connectivity index (χ3v) is 7.18. The van der Waals surface area contributed by atoms with E-state index in [1.807, 2.05) is 36.4 Å². The van der Waals surface area contributed by atoms with Crippen LogP contribution in [0.2, 0.25) is 5.02 Å². The fourth-order valence-electron chi connectivity index (χ4n) is 3.77. The molecule has 0 spiro atoms. The standard InChI is InChI=1S/C25H27ClN4O3S/c1-3-29-12-14-30(15-13-29)21-10-8-20(9-11-21)28-22(31)16-33-25(32)23-17(2)27-24(34-23)18-4-6-19(26)7-5-18/h4-11H,3,12-16H2,1-2H3,(H,28,31). The van der Waals surface area contributed by atoms with Crippen LogP contribution in [0.5, 0.6) is 0 Å². The van der Waals surface area contributed by atoms with E-state index in [0.717, 1.165) is 44.0 Å². The highest BCUT2D eigenvalue weighted by Crippen LogP contribution is 2.29. The maximum Gasteiger partial charge on any atom is 0.350 e. The monoisotopic (exact) mass is 498 g/mol. The van der Waals surface area contributed by atoms with E-state index < -0.39 is 11.9 Å². The highest BCUT2D eigenvalue weighted by molar-refractivity contribution is 7.17. The van der Waals surface area contributed by atoms with E-state index >= 15 is 0 Å². The number of hydrogen-bond acceptors (Lipinski definition) is 7. The second-order valence-electron chi connectivity index (χ2n) is 8.03. The molecule has 1 amide bonds. The predicted molar refractivity (Wildman–Crippen MR) is 137 cm³/mol. The van der Waals surface area contributed by atoms with Crippen molar-refractivity contribution in [2.45, 2.75) is 13.8 Å². The Morgan fingerprint density at radius 2 is 1.74 bits per heavy atom. The number of nitrogens with one attached hydrogen (secondary N) is 1. The number of likely N-dealkylation sites (N-methyl/N-ethyl adjacent to an activating group) is 1. The molecule has 0 unspecified atom stereocenters. The molecule has 2 aromatic carbocycles. The zero-order chi connectivity index (χ0) is 24.1. The minimum Gasteiger partial charge on any atom is -0.451 e. The van der Waals surface area contributed by atoms with Gasteiger partial charge in [0.15, 0.2) is 6.61 Å². The zero-order valence-electron chi connectivity index (χ0n) is 19.2. The number of nitrogens with zero attached hydrogens (tertiary/aromatic N) is 3. The lowest BCUT2D eigenvalue weighted by molar-refractivity contribution is -0.119. The fraction of sp³-hybridized carbons (Fsp3) is 0.320. The van der Waals surface area contributed by atoms with E-state index in [2.05, 4.69) is 27.0 Å². The average molecular weight is 499 g/mol. The van der Waals surface area contributed by atoms with Gasteiger partial charge in [-0.05, 0) is 49.9 Å². The van der Waals surface area contributed by atoms with Crippen molar-refractivity contribution in [2.75, 3.05) is 49.5 Å². The van der Waals surface area contributed by atoms with Crippen molar-refractivity contribution in [2.24, 2.45) is 0 Å². The molecule has 1 aliphatic heterocycles. The number of carbonyl (C=O) groups excluding carboxylic acids is 2. The first-order chi connectivity index (χ1) is 16.4. The SMILES string of the molecule is CCN1CCN(c2ccc(NC(=O)COC(=O)c3sc(-c4ccc(Cl)cc4)nc3C)cc2)CC1. The second kappa shape index (κ2) is 11.0. The largest absolute Gasteiger partial charge is 0.451 e. The summed E-state index contributed by atoms with van der Waals surface area (Å²) in [5, 5.41) is 4.11. The molecule has 0 bridgehead atoms. The number of rotatable bonds is 7. The maximum absolute atomic E-state index is 12.5. The van der Waals surface area contributed by atoms with Gasteiger partial charge in [0.25, 0.3) is 5.91 Å². The smallest absolute Gasteiger partial charge is 0.350 e. The molecule has 1 saturated heterocycles. The number of esters is 1. The molecule has 9 heteroatoms. The van der Waals surface area contributed by atoms with Crippen LogP contribution in [0.25, 0.3) is 10.6 Å². The van der Waals surface area contributed by atoms with E-state index in [4.69, 9.17) is 16.3 Å². The minimum absolute atomic E-state index is 0.368. The van der Waals surface area contributed by atoms with E-state index in [0.29, 0.717) is 26.3 Å². The van der Waals surface area contributed by atoms with Gasteiger partial charge < -0.3 is 19.9 Å². The molecule has 3 aromatic rings. The molecule has 34 heavy (non-hydrogen) atoms. The Kier molecular flexibility index (Phi) is 7.82. The number of hydrogen-bond donors (Lipinski definition) is 1. The number of benzene rings is 2. The first kappa shape index (κ1) is 24.2. The van der Waals surface area contributed by atoms with Crippen molar-refractivity contribution in [3.05, 3.63) is 64.1 Å². The van der Waals surface area contributed by atoms with Crippen molar-refractivity contribution in [1.29, 1.82) is 0 Å². The molecule has 0 atom stereocenters. The molecule has 0 saturated carbocycles. The van der Waals surface area contributed by atoms with Gasteiger partial charge in [0, 0.05) is 48.1 Å². The number of piperazine rings is 1. The highest BCUT2D eigenvalue weighted by atomic mass is 35.5. The molecule has 178 valence electrons. The normalized spacial score (nSPS) is 14.1. The number of carbonyl (C=O) groups is 2. The molecule has 1 N–H and O–H groups in total. The van der Waals surface area contributed by atoms with E-state index in [-0.39, 0.29) is 6.61 Å². The molecule has 1 aromatic heterocycles. The molecule has 1 aliphatic rings. The zero-order valence-corrected chi connectivity index (χ0v) is 20.8.